The van der Waals surface area contributed by atoms with E-state index in [1.807, 2.05) is 12.1 Å². The maximum absolute atomic E-state index is 13.5. The van der Waals surface area contributed by atoms with Gasteiger partial charge in [-0.3, -0.25) is 4.79 Å². The fraction of sp³-hybridized carbons (Fsp3) is 0.0714. The van der Waals surface area contributed by atoms with E-state index in [0.29, 0.717) is 16.5 Å². The minimum atomic E-state index is -4.60. The van der Waals surface area contributed by atoms with Gasteiger partial charge in [0, 0.05) is 11.1 Å². The molecule has 1 heterocycles. The highest BCUT2D eigenvalue weighted by atomic mass is 19.4. The third kappa shape index (κ3) is 4.83. The second-order valence-corrected chi connectivity index (χ2v) is 8.27. The molecule has 1 aromatic heterocycles. The number of hydrogen-bond acceptors (Lipinski definition) is 5. The maximum atomic E-state index is 13.5. The van der Waals surface area contributed by atoms with Crippen molar-refractivity contribution in [1.82, 2.24) is 9.66 Å². The van der Waals surface area contributed by atoms with Crippen molar-refractivity contribution in [2.24, 2.45) is 5.10 Å². The van der Waals surface area contributed by atoms with Crippen molar-refractivity contribution < 1.29 is 27.8 Å². The predicted molar refractivity (Wildman–Crippen MR) is 137 cm³/mol. The zero-order valence-corrected chi connectivity index (χ0v) is 19.5. The van der Waals surface area contributed by atoms with Crippen molar-refractivity contribution >= 4 is 33.9 Å². The minimum absolute atomic E-state index is 0.0418. The van der Waals surface area contributed by atoms with Gasteiger partial charge in [0.15, 0.2) is 12.4 Å². The number of carboxylic acids is 1. The molecule has 1 N–H and O–H groups in total. The van der Waals surface area contributed by atoms with E-state index in [9.17, 15) is 22.8 Å². The Balaban J connectivity index is 1.73. The van der Waals surface area contributed by atoms with Crippen LogP contribution in [0.15, 0.2) is 94.8 Å². The molecule has 0 bridgehead atoms. The number of aromatic nitrogens is 2. The summed E-state index contributed by atoms with van der Waals surface area (Å²) in [4.78, 5) is 29.0. The van der Waals surface area contributed by atoms with Gasteiger partial charge in [0.1, 0.15) is 5.75 Å². The standard InChI is InChI=1S/C28H18F3N3O4/c29-28(30,31)19-8-5-7-18(14-19)26-33-23-11-4-3-10-21(23)27(37)34(26)32-15-22-20-9-2-1-6-17(20)12-13-24(22)38-16-25(35)36/h1-15H,16H2,(H,35,36). The average molecular weight is 517 g/mol. The number of para-hydroxylation sites is 1. The number of rotatable bonds is 6. The predicted octanol–water partition coefficient (Wildman–Crippen LogP) is 5.58. The molecule has 0 unspecified atom stereocenters. The quantitative estimate of drug-likeness (QED) is 0.297. The summed E-state index contributed by atoms with van der Waals surface area (Å²) in [5.74, 6) is -1.07. The zero-order valence-electron chi connectivity index (χ0n) is 19.5. The van der Waals surface area contributed by atoms with Crippen LogP contribution in [-0.2, 0) is 11.0 Å². The minimum Gasteiger partial charge on any atom is -0.481 e. The van der Waals surface area contributed by atoms with Crippen LogP contribution < -0.4 is 10.3 Å². The molecule has 38 heavy (non-hydrogen) atoms. The first-order valence-electron chi connectivity index (χ1n) is 11.3. The summed E-state index contributed by atoms with van der Waals surface area (Å²) in [5, 5.41) is 15.1. The molecule has 0 aliphatic heterocycles. The van der Waals surface area contributed by atoms with Gasteiger partial charge in [-0.1, -0.05) is 54.6 Å². The van der Waals surface area contributed by atoms with Gasteiger partial charge in [-0.2, -0.15) is 22.9 Å². The van der Waals surface area contributed by atoms with E-state index in [2.05, 4.69) is 10.1 Å². The smallest absolute Gasteiger partial charge is 0.416 e. The molecule has 4 aromatic carbocycles. The van der Waals surface area contributed by atoms with Crippen molar-refractivity contribution in [3.63, 3.8) is 0 Å². The lowest BCUT2D eigenvalue weighted by atomic mass is 10.0. The van der Waals surface area contributed by atoms with Crippen LogP contribution in [0.1, 0.15) is 11.1 Å². The Hall–Kier alpha value is -4.99. The summed E-state index contributed by atoms with van der Waals surface area (Å²) in [7, 11) is 0. The highest BCUT2D eigenvalue weighted by Gasteiger charge is 2.31. The summed E-state index contributed by atoms with van der Waals surface area (Å²) in [6.07, 6.45) is -3.28. The molecule has 0 spiro atoms. The summed E-state index contributed by atoms with van der Waals surface area (Å²) in [5.41, 5.74) is -0.759. The van der Waals surface area contributed by atoms with Crippen LogP contribution in [-0.4, -0.2) is 33.6 Å². The Morgan fingerprint density at radius 1 is 0.974 bits per heavy atom. The molecule has 0 atom stereocenters. The van der Waals surface area contributed by atoms with Crippen LogP contribution in [0.2, 0.25) is 0 Å². The number of benzene rings is 4. The number of fused-ring (bicyclic) bond motifs is 2. The lowest BCUT2D eigenvalue weighted by Crippen LogP contribution is -2.20. The lowest BCUT2D eigenvalue weighted by molar-refractivity contribution is -0.139. The Bertz CT molecular complexity index is 1780. The van der Waals surface area contributed by atoms with Crippen LogP contribution >= 0.6 is 0 Å². The normalized spacial score (nSPS) is 11.9. The van der Waals surface area contributed by atoms with E-state index < -0.39 is 29.9 Å². The molecule has 5 aromatic rings. The van der Waals surface area contributed by atoms with Crippen LogP contribution in [0, 0.1) is 0 Å². The van der Waals surface area contributed by atoms with Crippen molar-refractivity contribution in [2.45, 2.75) is 6.18 Å². The van der Waals surface area contributed by atoms with E-state index in [-0.39, 0.29) is 22.5 Å². The van der Waals surface area contributed by atoms with Crippen LogP contribution in [0.5, 0.6) is 5.75 Å². The SMILES string of the molecule is O=C(O)COc1ccc2ccccc2c1C=Nn1c(-c2cccc(C(F)(F)F)c2)nc2ccccc2c1=O. The molecule has 0 aliphatic rings. The molecule has 0 amide bonds. The molecule has 0 fully saturated rings. The fourth-order valence-electron chi connectivity index (χ4n) is 4.04. The molecule has 7 nitrogen and oxygen atoms in total. The molecule has 0 saturated carbocycles. The number of alkyl halides is 3. The first-order chi connectivity index (χ1) is 18.2. The van der Waals surface area contributed by atoms with Gasteiger partial charge in [-0.15, -0.1) is 0 Å². The van der Waals surface area contributed by atoms with Gasteiger partial charge in [-0.05, 0) is 41.1 Å². The third-order valence-electron chi connectivity index (χ3n) is 5.79. The average Bonchev–Trinajstić information content (AvgIpc) is 2.91. The Morgan fingerprint density at radius 3 is 2.47 bits per heavy atom. The summed E-state index contributed by atoms with van der Waals surface area (Å²) in [6, 6.07) is 21.5. The van der Waals surface area contributed by atoms with Gasteiger partial charge < -0.3 is 9.84 Å². The summed E-state index contributed by atoms with van der Waals surface area (Å²) < 4.78 is 46.7. The number of carboxylic acid groups (broad SMARTS) is 1. The molecular weight excluding hydrogens is 499 g/mol. The third-order valence-corrected chi connectivity index (χ3v) is 5.79. The van der Waals surface area contributed by atoms with E-state index in [1.54, 1.807) is 48.5 Å². The van der Waals surface area contributed by atoms with E-state index in [4.69, 9.17) is 9.84 Å². The largest absolute Gasteiger partial charge is 0.481 e. The summed E-state index contributed by atoms with van der Waals surface area (Å²) >= 11 is 0. The van der Waals surface area contributed by atoms with E-state index in [1.165, 1.54) is 18.3 Å². The molecule has 190 valence electrons. The Morgan fingerprint density at radius 2 is 1.71 bits per heavy atom. The van der Waals surface area contributed by atoms with Gasteiger partial charge in [0.25, 0.3) is 5.56 Å². The van der Waals surface area contributed by atoms with Crippen molar-refractivity contribution in [2.75, 3.05) is 6.61 Å². The highest BCUT2D eigenvalue weighted by Crippen LogP contribution is 2.32. The maximum Gasteiger partial charge on any atom is 0.416 e. The van der Waals surface area contributed by atoms with Gasteiger partial charge >= 0.3 is 12.1 Å². The zero-order chi connectivity index (χ0) is 26.9. The van der Waals surface area contributed by atoms with Crippen molar-refractivity contribution in [1.29, 1.82) is 0 Å². The van der Waals surface area contributed by atoms with Gasteiger partial charge in [0.2, 0.25) is 0 Å². The van der Waals surface area contributed by atoms with Gasteiger partial charge in [-0.25, -0.2) is 9.78 Å². The number of aliphatic carboxylic acids is 1. The molecule has 0 saturated heterocycles. The summed E-state index contributed by atoms with van der Waals surface area (Å²) in [6.45, 7) is -0.605. The Kier molecular flexibility index (Phi) is 6.38. The first kappa shape index (κ1) is 24.7. The molecule has 5 rings (SSSR count). The number of ether oxygens (including phenoxy) is 1. The number of hydrogen-bond donors (Lipinski definition) is 1. The second kappa shape index (κ2) is 9.81. The Labute approximate surface area is 213 Å². The van der Waals surface area contributed by atoms with Crippen LogP contribution in [0.4, 0.5) is 13.2 Å². The molecule has 10 heteroatoms. The topological polar surface area (TPSA) is 93.8 Å². The molecule has 0 radical (unpaired) electrons. The number of halogens is 3. The lowest BCUT2D eigenvalue weighted by Gasteiger charge is -2.13. The molecular formula is C28H18F3N3O4. The first-order valence-corrected chi connectivity index (χ1v) is 11.3. The number of carbonyl (C=O) groups is 1. The second-order valence-electron chi connectivity index (χ2n) is 8.27. The van der Waals surface area contributed by atoms with Gasteiger partial charge in [0.05, 0.1) is 22.7 Å². The van der Waals surface area contributed by atoms with Crippen molar-refractivity contribution in [3.05, 3.63) is 106 Å². The number of nitrogens with zero attached hydrogens (tertiary/aromatic N) is 3. The van der Waals surface area contributed by atoms with E-state index in [0.717, 1.165) is 22.2 Å². The van der Waals surface area contributed by atoms with Crippen LogP contribution in [0.3, 0.4) is 0 Å². The van der Waals surface area contributed by atoms with Crippen molar-refractivity contribution in [3.8, 4) is 17.1 Å². The fourth-order valence-corrected chi connectivity index (χ4v) is 4.04. The van der Waals surface area contributed by atoms with Crippen LogP contribution in [0.25, 0.3) is 33.1 Å². The highest BCUT2D eigenvalue weighted by molar-refractivity contribution is 6.02. The monoisotopic (exact) mass is 517 g/mol. The van der Waals surface area contributed by atoms with E-state index >= 15 is 0 Å². The molecule has 0 aliphatic carbocycles.